The van der Waals surface area contributed by atoms with Gasteiger partial charge in [-0.1, -0.05) is 25.0 Å². The molecule has 7 heteroatoms. The number of allylic oxidation sites excluding steroid dienone is 2. The van der Waals surface area contributed by atoms with Gasteiger partial charge in [-0.25, -0.2) is 4.39 Å². The maximum Gasteiger partial charge on any atom is 0.241 e. The van der Waals surface area contributed by atoms with E-state index in [1.807, 2.05) is 6.92 Å². The van der Waals surface area contributed by atoms with E-state index < -0.39 is 34.7 Å². The summed E-state index contributed by atoms with van der Waals surface area (Å²) in [5.41, 5.74) is -2.84. The molecule has 0 aromatic rings. The van der Waals surface area contributed by atoms with Crippen LogP contribution < -0.4 is 0 Å². The molecule has 0 spiro atoms. The first-order valence-corrected chi connectivity index (χ1v) is 13.2. The molecule has 172 valence electrons. The smallest absolute Gasteiger partial charge is 0.241 e. The maximum absolute atomic E-state index is 17.5. The number of fused-ring (bicyclic) bond motifs is 6. The number of aliphatic hydroxyl groups is 1. The third kappa shape index (κ3) is 2.60. The predicted octanol–water partition coefficient (Wildman–Crippen LogP) is 3.93. The zero-order valence-electron chi connectivity index (χ0n) is 18.8. The van der Waals surface area contributed by atoms with Crippen LogP contribution in [0.1, 0.15) is 65.7 Å². The molecule has 0 aromatic heterocycles. The summed E-state index contributed by atoms with van der Waals surface area (Å²) in [5, 5.41) is 11.4. The summed E-state index contributed by atoms with van der Waals surface area (Å²) in [6.07, 6.45) is 5.92. The normalized spacial score (nSPS) is 49.3. The molecule has 9 atom stereocenters. The van der Waals surface area contributed by atoms with Crippen molar-refractivity contribution in [2.24, 2.45) is 22.7 Å². The summed E-state index contributed by atoms with van der Waals surface area (Å²) in [7, 11) is 0. The van der Waals surface area contributed by atoms with Gasteiger partial charge in [0.15, 0.2) is 11.4 Å². The molecule has 3 saturated carbocycles. The van der Waals surface area contributed by atoms with Crippen molar-refractivity contribution < 1.29 is 28.3 Å². The molecule has 1 N–H and O–H groups in total. The fraction of sp³-hybridized carbons (Fsp3) is 0.792. The van der Waals surface area contributed by atoms with E-state index >= 15 is 4.39 Å². The fourth-order valence-corrected chi connectivity index (χ4v) is 9.27. The van der Waals surface area contributed by atoms with Crippen molar-refractivity contribution in [3.05, 3.63) is 23.2 Å². The Hall–Kier alpha value is -1.05. The van der Waals surface area contributed by atoms with Crippen molar-refractivity contribution in [1.29, 1.82) is 0 Å². The second-order valence-corrected chi connectivity index (χ2v) is 12.1. The minimum absolute atomic E-state index is 0.0239. The standard InChI is InChI=1S/C24H33FO5S/c1-5-6-19-29-20-16(26)11-13-7-8-15-14-9-10-18(31(4)28)22(14,2)12-17(27)24(15,25)23(13,3)21(20)30-19/h11,14-15,17-19,27H,5-10,12H2,1-4H3/t14-,15-,17-,18-,19?,22-,23+,24-,31?/m0/s1. The maximum atomic E-state index is 17.5. The number of carbonyl (C=O) groups is 1. The van der Waals surface area contributed by atoms with E-state index in [9.17, 15) is 14.5 Å². The van der Waals surface area contributed by atoms with Crippen LogP contribution in [0.5, 0.6) is 0 Å². The second kappa shape index (κ2) is 6.97. The summed E-state index contributed by atoms with van der Waals surface area (Å²) in [6, 6.07) is 0. The molecule has 0 aromatic carbocycles. The number of carbonyl (C=O) groups excluding carboxylic acids is 1. The van der Waals surface area contributed by atoms with Crippen molar-refractivity contribution in [3.8, 4) is 0 Å². The van der Waals surface area contributed by atoms with Crippen LogP contribution in [0.3, 0.4) is 0 Å². The number of ether oxygens (including phenoxy) is 2. The van der Waals surface area contributed by atoms with Crippen molar-refractivity contribution in [3.63, 3.8) is 0 Å². The molecular weight excluding hydrogens is 419 g/mol. The third-order valence-electron chi connectivity index (χ3n) is 9.21. The molecule has 31 heavy (non-hydrogen) atoms. The first-order valence-electron chi connectivity index (χ1n) is 11.6. The number of aliphatic hydroxyl groups excluding tert-OH is 1. The monoisotopic (exact) mass is 452 g/mol. The number of rotatable bonds is 3. The Balaban J connectivity index is 1.60. The molecule has 5 nitrogen and oxygen atoms in total. The lowest BCUT2D eigenvalue weighted by molar-refractivity contribution is -0.201. The van der Waals surface area contributed by atoms with Gasteiger partial charge in [-0.3, -0.25) is 4.79 Å². The first kappa shape index (κ1) is 21.8. The summed E-state index contributed by atoms with van der Waals surface area (Å²) in [4.78, 5) is 12.8. The highest BCUT2D eigenvalue weighted by Crippen LogP contribution is 2.70. The second-order valence-electron chi connectivity index (χ2n) is 10.6. The Labute approximate surface area is 186 Å². The molecule has 4 aliphatic carbocycles. The van der Waals surface area contributed by atoms with Crippen LogP contribution in [0.15, 0.2) is 23.2 Å². The van der Waals surface area contributed by atoms with Gasteiger partial charge in [0, 0.05) is 17.8 Å². The van der Waals surface area contributed by atoms with Crippen LogP contribution in [0.25, 0.3) is 0 Å². The summed E-state index contributed by atoms with van der Waals surface area (Å²) >= 11 is -1.02. The largest absolute Gasteiger partial charge is 0.616 e. The van der Waals surface area contributed by atoms with Crippen LogP contribution in [0, 0.1) is 22.7 Å². The number of alkyl halides is 1. The predicted molar refractivity (Wildman–Crippen MR) is 115 cm³/mol. The highest BCUT2D eigenvalue weighted by atomic mass is 32.2. The van der Waals surface area contributed by atoms with E-state index in [2.05, 4.69) is 6.92 Å². The lowest BCUT2D eigenvalue weighted by Crippen LogP contribution is -2.68. The van der Waals surface area contributed by atoms with Crippen LogP contribution in [-0.2, 0) is 25.4 Å². The number of ketones is 1. The molecule has 1 aliphatic heterocycles. The van der Waals surface area contributed by atoms with Crippen molar-refractivity contribution in [2.45, 2.75) is 89.0 Å². The highest BCUT2D eigenvalue weighted by Gasteiger charge is 2.74. The molecule has 0 saturated heterocycles. The van der Waals surface area contributed by atoms with Crippen LogP contribution in [-0.4, -0.2) is 45.0 Å². The zero-order chi connectivity index (χ0) is 22.3. The molecule has 0 radical (unpaired) electrons. The topological polar surface area (TPSA) is 78.8 Å². The minimum Gasteiger partial charge on any atom is -0.616 e. The van der Waals surface area contributed by atoms with Crippen LogP contribution >= 0.6 is 0 Å². The highest BCUT2D eigenvalue weighted by molar-refractivity contribution is 7.91. The molecule has 3 fully saturated rings. The summed E-state index contributed by atoms with van der Waals surface area (Å²) in [5.74, 6) is -0.212. The van der Waals surface area contributed by atoms with E-state index in [1.165, 1.54) is 6.08 Å². The van der Waals surface area contributed by atoms with Crippen molar-refractivity contribution >= 4 is 17.0 Å². The van der Waals surface area contributed by atoms with Gasteiger partial charge in [0.05, 0.1) is 17.8 Å². The number of halogens is 1. The van der Waals surface area contributed by atoms with Gasteiger partial charge >= 0.3 is 0 Å². The van der Waals surface area contributed by atoms with E-state index in [0.717, 1.165) is 19.3 Å². The van der Waals surface area contributed by atoms with Gasteiger partial charge in [-0.05, 0) is 63.0 Å². The van der Waals surface area contributed by atoms with E-state index in [1.54, 1.807) is 13.2 Å². The van der Waals surface area contributed by atoms with E-state index in [-0.39, 0.29) is 46.2 Å². The molecule has 1 heterocycles. The quantitative estimate of drug-likeness (QED) is 0.657. The van der Waals surface area contributed by atoms with Crippen molar-refractivity contribution in [2.75, 3.05) is 6.26 Å². The Morgan fingerprint density at radius 1 is 1.26 bits per heavy atom. The van der Waals surface area contributed by atoms with Gasteiger partial charge in [-0.2, -0.15) is 0 Å². The average molecular weight is 453 g/mol. The lowest BCUT2D eigenvalue weighted by atomic mass is 9.45. The molecule has 5 aliphatic rings. The SMILES string of the molecule is CCCC1OC2=C(O1)[C@@]1(C)C(=CC2=O)CC[C@H]2[C@@H]3CC[C@H]([S+](C)[O-])[C@@]3(C)C[C@H](O)[C@@]21F. The lowest BCUT2D eigenvalue weighted by Gasteiger charge is -2.61. The van der Waals surface area contributed by atoms with Gasteiger partial charge in [-0.15, -0.1) is 0 Å². The van der Waals surface area contributed by atoms with Crippen LogP contribution in [0.4, 0.5) is 4.39 Å². The zero-order valence-corrected chi connectivity index (χ0v) is 19.6. The molecular formula is C24H33FO5S. The fourth-order valence-electron chi connectivity index (χ4n) is 7.77. The molecule has 2 unspecified atom stereocenters. The van der Waals surface area contributed by atoms with E-state index in [4.69, 9.17) is 9.47 Å². The molecule has 0 bridgehead atoms. The third-order valence-corrected chi connectivity index (χ3v) is 10.8. The van der Waals surface area contributed by atoms with Gasteiger partial charge in [0.2, 0.25) is 17.8 Å². The average Bonchev–Trinajstić information content (AvgIpc) is 3.27. The Morgan fingerprint density at radius 3 is 2.68 bits per heavy atom. The molecule has 0 amide bonds. The number of hydrogen-bond donors (Lipinski definition) is 1. The van der Waals surface area contributed by atoms with Gasteiger partial charge < -0.3 is 19.1 Å². The van der Waals surface area contributed by atoms with Crippen LogP contribution in [0.2, 0.25) is 0 Å². The number of hydrogen-bond acceptors (Lipinski definition) is 5. The van der Waals surface area contributed by atoms with Gasteiger partial charge in [0.25, 0.3) is 0 Å². The minimum atomic E-state index is -1.96. The Bertz CT molecular complexity index is 870. The van der Waals surface area contributed by atoms with Gasteiger partial charge in [0.1, 0.15) is 5.25 Å². The van der Waals surface area contributed by atoms with E-state index in [0.29, 0.717) is 24.8 Å². The summed E-state index contributed by atoms with van der Waals surface area (Å²) < 4.78 is 41.9. The molecule has 5 rings (SSSR count). The first-order chi connectivity index (χ1) is 14.6. The Kier molecular flexibility index (Phi) is 4.90. The Morgan fingerprint density at radius 2 is 2.00 bits per heavy atom. The summed E-state index contributed by atoms with van der Waals surface area (Å²) in [6.45, 7) is 5.89. The van der Waals surface area contributed by atoms with Crippen molar-refractivity contribution in [1.82, 2.24) is 0 Å².